The molecule has 3 aromatic heterocycles. The zero-order valence-corrected chi connectivity index (χ0v) is 24.0. The van der Waals surface area contributed by atoms with Crippen molar-refractivity contribution in [1.29, 1.82) is 0 Å². The molecule has 3 N–H and O–H groups in total. The number of imidazole rings is 1. The molecule has 0 unspecified atom stereocenters. The molecule has 2 aromatic carbocycles. The molecule has 1 aliphatic rings. The zero-order valence-electron chi connectivity index (χ0n) is 24.0. The van der Waals surface area contributed by atoms with Gasteiger partial charge in [-0.05, 0) is 36.6 Å². The van der Waals surface area contributed by atoms with Crippen molar-refractivity contribution < 1.29 is 22.8 Å². The monoisotopic (exact) mass is 617 g/mol. The summed E-state index contributed by atoms with van der Waals surface area (Å²) < 4.78 is 40.8. The number of fused-ring (bicyclic) bond motifs is 1. The highest BCUT2D eigenvalue weighted by atomic mass is 19.4. The second kappa shape index (κ2) is 12.7. The quantitative estimate of drug-likeness (QED) is 0.223. The summed E-state index contributed by atoms with van der Waals surface area (Å²) in [4.78, 5) is 30.8. The maximum Gasteiger partial charge on any atom is 0.405 e. The van der Waals surface area contributed by atoms with E-state index in [0.29, 0.717) is 42.2 Å². The molecule has 45 heavy (non-hydrogen) atoms. The normalized spacial score (nSPS) is 14.0. The fourth-order valence-corrected chi connectivity index (χ4v) is 5.25. The Kier molecular flexibility index (Phi) is 8.36. The Morgan fingerprint density at radius 2 is 1.64 bits per heavy atom. The predicted molar refractivity (Wildman–Crippen MR) is 161 cm³/mol. The van der Waals surface area contributed by atoms with Gasteiger partial charge in [0.15, 0.2) is 5.65 Å². The van der Waals surface area contributed by atoms with Crippen LogP contribution in [0.15, 0.2) is 85.5 Å². The second-order valence-electron chi connectivity index (χ2n) is 10.7. The molecule has 6 rings (SSSR count). The first kappa shape index (κ1) is 29.7. The first-order valence-corrected chi connectivity index (χ1v) is 14.4. The number of hydrogen-bond acceptors (Lipinski definition) is 5. The number of carbonyl (C=O) groups is 2. The van der Waals surface area contributed by atoms with Gasteiger partial charge in [-0.1, -0.05) is 42.5 Å². The Bertz CT molecular complexity index is 1790. The third kappa shape index (κ3) is 7.22. The van der Waals surface area contributed by atoms with Crippen LogP contribution in [0, 0.1) is 0 Å². The van der Waals surface area contributed by atoms with Crippen LogP contribution < -0.4 is 16.0 Å². The number of hydrogen-bond donors (Lipinski definition) is 3. The van der Waals surface area contributed by atoms with Crippen molar-refractivity contribution in [3.8, 4) is 22.4 Å². The summed E-state index contributed by atoms with van der Waals surface area (Å²) in [6.07, 6.45) is 4.20. The highest BCUT2D eigenvalue weighted by molar-refractivity contribution is 5.90. The van der Waals surface area contributed by atoms with Crippen molar-refractivity contribution >= 4 is 23.4 Å². The van der Waals surface area contributed by atoms with Crippen molar-refractivity contribution in [3.05, 3.63) is 91.0 Å². The van der Waals surface area contributed by atoms with Gasteiger partial charge in [0, 0.05) is 48.2 Å². The molecule has 0 saturated carbocycles. The lowest BCUT2D eigenvalue weighted by atomic mass is 10.1. The van der Waals surface area contributed by atoms with Crippen molar-refractivity contribution in [3.63, 3.8) is 0 Å². The smallest absolute Gasteiger partial charge is 0.334 e. The van der Waals surface area contributed by atoms with Crippen LogP contribution in [0.1, 0.15) is 24.4 Å². The van der Waals surface area contributed by atoms with Crippen LogP contribution in [0.2, 0.25) is 0 Å². The third-order valence-corrected chi connectivity index (χ3v) is 7.57. The molecule has 0 bridgehead atoms. The number of aromatic nitrogens is 5. The number of rotatable bonds is 7. The molecule has 0 aliphatic carbocycles. The summed E-state index contributed by atoms with van der Waals surface area (Å²) in [5.41, 5.74) is 5.00. The Labute approximate surface area is 256 Å². The van der Waals surface area contributed by atoms with E-state index in [9.17, 15) is 22.8 Å². The van der Waals surface area contributed by atoms with Crippen molar-refractivity contribution in [2.45, 2.75) is 31.6 Å². The van der Waals surface area contributed by atoms with Crippen LogP contribution in [0.5, 0.6) is 0 Å². The number of nitrogens with zero attached hydrogens (tertiary/aromatic N) is 6. The van der Waals surface area contributed by atoms with Crippen LogP contribution >= 0.6 is 0 Å². The van der Waals surface area contributed by atoms with Gasteiger partial charge in [0.2, 0.25) is 0 Å². The molecule has 1 aliphatic heterocycles. The third-order valence-electron chi connectivity index (χ3n) is 7.57. The van der Waals surface area contributed by atoms with Crippen molar-refractivity contribution in [2.24, 2.45) is 0 Å². The number of urea groups is 2. The lowest BCUT2D eigenvalue weighted by Crippen LogP contribution is -2.44. The molecular weight excluding hydrogens is 587 g/mol. The average Bonchev–Trinajstić information content (AvgIpc) is 3.71. The van der Waals surface area contributed by atoms with E-state index < -0.39 is 18.8 Å². The van der Waals surface area contributed by atoms with Gasteiger partial charge in [-0.25, -0.2) is 19.1 Å². The Balaban J connectivity index is 1.07. The first-order valence-electron chi connectivity index (χ1n) is 14.4. The Morgan fingerprint density at radius 1 is 0.867 bits per heavy atom. The average molecular weight is 618 g/mol. The van der Waals surface area contributed by atoms with Gasteiger partial charge in [-0.3, -0.25) is 4.68 Å². The first-order chi connectivity index (χ1) is 21.7. The molecule has 1 fully saturated rings. The second-order valence-corrected chi connectivity index (χ2v) is 10.7. The summed E-state index contributed by atoms with van der Waals surface area (Å²) in [7, 11) is 0. The van der Waals surface area contributed by atoms with E-state index in [4.69, 9.17) is 0 Å². The minimum absolute atomic E-state index is 0.0636. The molecule has 1 saturated heterocycles. The van der Waals surface area contributed by atoms with E-state index in [0.717, 1.165) is 29.5 Å². The maximum atomic E-state index is 12.6. The fourth-order valence-electron chi connectivity index (χ4n) is 5.25. The van der Waals surface area contributed by atoms with E-state index in [-0.39, 0.29) is 12.1 Å². The SMILES string of the molecule is O=C(NCC(F)(F)F)Nc1cccc(-c2cnc3cc(-c4cnn(C5CCN(C(=O)NCc6ccccc6)CC5)c4)cnn23)c1. The number of alkyl halides is 3. The minimum Gasteiger partial charge on any atom is -0.334 e. The number of halogens is 3. The lowest BCUT2D eigenvalue weighted by molar-refractivity contribution is -0.122. The van der Waals surface area contributed by atoms with E-state index in [1.165, 1.54) is 0 Å². The summed E-state index contributed by atoms with van der Waals surface area (Å²) in [5, 5.41) is 16.4. The molecule has 5 aromatic rings. The molecule has 4 amide bonds. The molecule has 4 heterocycles. The van der Waals surface area contributed by atoms with Crippen LogP contribution in [-0.4, -0.2) is 67.2 Å². The van der Waals surface area contributed by atoms with E-state index in [1.54, 1.807) is 52.7 Å². The molecule has 0 spiro atoms. The largest absolute Gasteiger partial charge is 0.405 e. The Morgan fingerprint density at radius 3 is 2.42 bits per heavy atom. The fraction of sp³-hybridized carbons (Fsp3) is 0.258. The van der Waals surface area contributed by atoms with Gasteiger partial charge in [0.25, 0.3) is 0 Å². The minimum atomic E-state index is -4.50. The van der Waals surface area contributed by atoms with Gasteiger partial charge in [0.05, 0.1) is 30.3 Å². The van der Waals surface area contributed by atoms with Gasteiger partial charge in [0.1, 0.15) is 6.54 Å². The zero-order chi connectivity index (χ0) is 31.4. The van der Waals surface area contributed by atoms with Crippen molar-refractivity contribution in [1.82, 2.24) is 39.9 Å². The lowest BCUT2D eigenvalue weighted by Gasteiger charge is -2.32. The summed E-state index contributed by atoms with van der Waals surface area (Å²) in [6.45, 7) is 0.347. The maximum absolute atomic E-state index is 12.6. The number of carbonyl (C=O) groups excluding carboxylic acids is 2. The topological polar surface area (TPSA) is 121 Å². The van der Waals surface area contributed by atoms with Crippen LogP contribution in [0.4, 0.5) is 28.4 Å². The van der Waals surface area contributed by atoms with Gasteiger partial charge in [-0.15, -0.1) is 0 Å². The van der Waals surface area contributed by atoms with Gasteiger partial charge >= 0.3 is 18.2 Å². The number of nitrogens with one attached hydrogen (secondary N) is 3. The summed E-state index contributed by atoms with van der Waals surface area (Å²) >= 11 is 0. The van der Waals surface area contributed by atoms with Gasteiger partial charge in [-0.2, -0.15) is 23.4 Å². The Hall–Kier alpha value is -5.40. The number of anilines is 1. The number of amides is 4. The number of piperidine rings is 1. The highest BCUT2D eigenvalue weighted by Crippen LogP contribution is 2.28. The van der Waals surface area contributed by atoms with Gasteiger partial charge < -0.3 is 20.9 Å². The molecule has 14 heteroatoms. The summed E-state index contributed by atoms with van der Waals surface area (Å²) in [5.74, 6) is 0. The van der Waals surface area contributed by atoms with Crippen LogP contribution in [0.25, 0.3) is 28.0 Å². The summed E-state index contributed by atoms with van der Waals surface area (Å²) in [6, 6.07) is 17.5. The predicted octanol–water partition coefficient (Wildman–Crippen LogP) is 5.49. The number of likely N-dealkylation sites (tertiary alicyclic amines) is 1. The van der Waals surface area contributed by atoms with E-state index in [2.05, 4.69) is 25.8 Å². The van der Waals surface area contributed by atoms with Crippen LogP contribution in [-0.2, 0) is 6.54 Å². The van der Waals surface area contributed by atoms with Crippen molar-refractivity contribution in [2.75, 3.05) is 25.0 Å². The highest BCUT2D eigenvalue weighted by Gasteiger charge is 2.28. The molecule has 0 atom stereocenters. The molecule has 11 nitrogen and oxygen atoms in total. The molecule has 0 radical (unpaired) electrons. The molecular formula is C31H30F3N9O2. The van der Waals surface area contributed by atoms with E-state index >= 15 is 0 Å². The van der Waals surface area contributed by atoms with Crippen LogP contribution in [0.3, 0.4) is 0 Å². The van der Waals surface area contributed by atoms with E-state index in [1.807, 2.05) is 52.2 Å². The number of benzene rings is 2. The molecule has 232 valence electrons. The standard InChI is InChI=1S/C31H30F3N9O2/c32-31(33,34)20-37-29(44)40-25-8-4-7-22(13-25)27-18-35-28-14-23(16-39-43(27)28)24-17-38-42(19-24)26-9-11-41(12-10-26)30(45)36-15-21-5-2-1-3-6-21/h1-8,13-14,16-19,26H,9-12,15,20H2,(H,36,45)(H2,37,40,44).